The van der Waals surface area contributed by atoms with Gasteiger partial charge in [-0.2, -0.15) is 0 Å². The molecule has 0 radical (unpaired) electrons. The summed E-state index contributed by atoms with van der Waals surface area (Å²) in [5.41, 5.74) is 6.79. The molecule has 1 heterocycles. The summed E-state index contributed by atoms with van der Waals surface area (Å²) in [6.45, 7) is 7.18. The minimum atomic E-state index is 0.0985. The lowest BCUT2D eigenvalue weighted by Crippen LogP contribution is -2.16. The van der Waals surface area contributed by atoms with Crippen molar-refractivity contribution in [3.8, 4) is 0 Å². The van der Waals surface area contributed by atoms with Crippen LogP contribution in [0.4, 0.5) is 0 Å². The molecule has 0 bridgehead atoms. The van der Waals surface area contributed by atoms with Crippen LogP contribution < -0.4 is 5.73 Å². The van der Waals surface area contributed by atoms with E-state index in [2.05, 4.69) is 31.1 Å². The normalized spacial score (nSPS) is 14.2. The molecule has 1 aromatic heterocycles. The van der Waals surface area contributed by atoms with Crippen molar-refractivity contribution in [1.82, 2.24) is 4.98 Å². The second-order valence-corrected chi connectivity index (χ2v) is 5.63. The fourth-order valence-electron chi connectivity index (χ4n) is 1.36. The number of aliphatic hydroxyl groups excluding tert-OH is 1. The van der Waals surface area contributed by atoms with Crippen LogP contribution in [0.2, 0.25) is 0 Å². The molecule has 0 fully saturated rings. The summed E-state index contributed by atoms with van der Waals surface area (Å²) in [7, 11) is 0. The van der Waals surface area contributed by atoms with Crippen molar-refractivity contribution >= 4 is 11.3 Å². The highest BCUT2D eigenvalue weighted by Gasteiger charge is 2.20. The molecule has 0 amide bonds. The number of hydrogen-bond donors (Lipinski definition) is 2. The largest absolute Gasteiger partial charge is 0.396 e. The average molecular weight is 228 g/mol. The number of nitrogens with zero attached hydrogens (tertiary/aromatic N) is 1. The number of aliphatic hydroxyl groups is 1. The Bertz CT molecular complexity index is 304. The van der Waals surface area contributed by atoms with Crippen molar-refractivity contribution in [1.29, 1.82) is 0 Å². The Hall–Kier alpha value is -0.450. The lowest BCUT2D eigenvalue weighted by atomic mass is 9.97. The Labute approximate surface area is 95.3 Å². The standard InChI is InChI=1S/C11H20N2OS/c1-11(2,3)10-13-9(7-15-10)8(6-12)4-5-14/h7-8,14H,4-6,12H2,1-3H3. The van der Waals surface area contributed by atoms with Crippen LogP contribution in [0.1, 0.15) is 43.8 Å². The average Bonchev–Trinajstić information content (AvgIpc) is 2.62. The molecule has 15 heavy (non-hydrogen) atoms. The Morgan fingerprint density at radius 2 is 2.20 bits per heavy atom. The zero-order chi connectivity index (χ0) is 11.5. The summed E-state index contributed by atoms with van der Waals surface area (Å²) >= 11 is 1.68. The van der Waals surface area contributed by atoms with Gasteiger partial charge in [0.1, 0.15) is 0 Å². The predicted molar refractivity (Wildman–Crippen MR) is 64.3 cm³/mol. The van der Waals surface area contributed by atoms with E-state index in [1.54, 1.807) is 11.3 Å². The summed E-state index contributed by atoms with van der Waals surface area (Å²) < 4.78 is 0. The van der Waals surface area contributed by atoms with Crippen molar-refractivity contribution < 1.29 is 5.11 Å². The first kappa shape index (κ1) is 12.6. The lowest BCUT2D eigenvalue weighted by molar-refractivity contribution is 0.275. The molecule has 1 atom stereocenters. The smallest absolute Gasteiger partial charge is 0.0982 e. The minimum Gasteiger partial charge on any atom is -0.396 e. The Balaban J connectivity index is 2.82. The topological polar surface area (TPSA) is 59.1 Å². The Morgan fingerprint density at radius 3 is 2.60 bits per heavy atom. The second-order valence-electron chi connectivity index (χ2n) is 4.77. The minimum absolute atomic E-state index is 0.0985. The summed E-state index contributed by atoms with van der Waals surface area (Å²) in [5.74, 6) is 0.197. The molecule has 4 heteroatoms. The maximum Gasteiger partial charge on any atom is 0.0982 e. The molecular formula is C11H20N2OS. The van der Waals surface area contributed by atoms with Crippen molar-refractivity contribution in [2.24, 2.45) is 5.73 Å². The molecule has 1 aromatic rings. The highest BCUT2D eigenvalue weighted by Crippen LogP contribution is 2.28. The molecule has 3 N–H and O–H groups in total. The van der Waals surface area contributed by atoms with Crippen LogP contribution in [0.5, 0.6) is 0 Å². The van der Waals surface area contributed by atoms with Crippen LogP contribution in [-0.4, -0.2) is 23.2 Å². The van der Waals surface area contributed by atoms with Gasteiger partial charge in [-0.25, -0.2) is 4.98 Å². The predicted octanol–water partition coefficient (Wildman–Crippen LogP) is 1.87. The van der Waals surface area contributed by atoms with Crippen molar-refractivity contribution in [3.63, 3.8) is 0 Å². The first-order chi connectivity index (χ1) is 6.99. The van der Waals surface area contributed by atoms with E-state index in [-0.39, 0.29) is 17.9 Å². The van der Waals surface area contributed by atoms with Crippen molar-refractivity contribution in [3.05, 3.63) is 16.1 Å². The zero-order valence-corrected chi connectivity index (χ0v) is 10.5. The molecular weight excluding hydrogens is 208 g/mol. The first-order valence-corrected chi connectivity index (χ1v) is 6.14. The van der Waals surface area contributed by atoms with Gasteiger partial charge in [-0.15, -0.1) is 11.3 Å². The SMILES string of the molecule is CC(C)(C)c1nc(C(CN)CCO)cs1. The van der Waals surface area contributed by atoms with E-state index >= 15 is 0 Å². The van der Waals surface area contributed by atoms with Crippen LogP contribution in [-0.2, 0) is 5.41 Å². The van der Waals surface area contributed by atoms with Gasteiger partial charge in [-0.05, 0) is 6.42 Å². The molecule has 0 aromatic carbocycles. The van der Waals surface area contributed by atoms with Gasteiger partial charge in [0, 0.05) is 29.9 Å². The molecule has 0 saturated heterocycles. The van der Waals surface area contributed by atoms with Gasteiger partial charge in [-0.1, -0.05) is 20.8 Å². The maximum absolute atomic E-state index is 8.92. The van der Waals surface area contributed by atoms with Crippen LogP contribution in [0.15, 0.2) is 5.38 Å². The quantitative estimate of drug-likeness (QED) is 0.827. The van der Waals surface area contributed by atoms with Gasteiger partial charge in [0.15, 0.2) is 0 Å². The van der Waals surface area contributed by atoms with E-state index in [1.165, 1.54) is 0 Å². The van der Waals surface area contributed by atoms with E-state index in [0.717, 1.165) is 10.7 Å². The van der Waals surface area contributed by atoms with E-state index in [1.807, 2.05) is 0 Å². The third-order valence-corrected chi connectivity index (χ3v) is 3.63. The van der Waals surface area contributed by atoms with Gasteiger partial charge in [0.2, 0.25) is 0 Å². The van der Waals surface area contributed by atoms with Gasteiger partial charge in [0.25, 0.3) is 0 Å². The zero-order valence-electron chi connectivity index (χ0n) is 9.66. The fraction of sp³-hybridized carbons (Fsp3) is 0.727. The second kappa shape index (κ2) is 5.05. The molecule has 86 valence electrons. The number of thiazole rings is 1. The number of nitrogens with two attached hydrogens (primary N) is 1. The molecule has 0 aliphatic heterocycles. The number of aromatic nitrogens is 1. The monoisotopic (exact) mass is 228 g/mol. The van der Waals surface area contributed by atoms with Crippen LogP contribution in [0, 0.1) is 0 Å². The van der Waals surface area contributed by atoms with Crippen LogP contribution >= 0.6 is 11.3 Å². The molecule has 0 spiro atoms. The molecule has 0 saturated carbocycles. The van der Waals surface area contributed by atoms with Gasteiger partial charge < -0.3 is 10.8 Å². The molecule has 0 aliphatic rings. The highest BCUT2D eigenvalue weighted by atomic mass is 32.1. The fourth-order valence-corrected chi connectivity index (χ4v) is 2.35. The molecule has 3 nitrogen and oxygen atoms in total. The Morgan fingerprint density at radius 1 is 1.53 bits per heavy atom. The lowest BCUT2D eigenvalue weighted by Gasteiger charge is -2.14. The van der Waals surface area contributed by atoms with E-state index in [9.17, 15) is 0 Å². The van der Waals surface area contributed by atoms with E-state index in [0.29, 0.717) is 13.0 Å². The van der Waals surface area contributed by atoms with Crippen molar-refractivity contribution in [2.75, 3.05) is 13.2 Å². The number of rotatable bonds is 4. The van der Waals surface area contributed by atoms with Crippen LogP contribution in [0.25, 0.3) is 0 Å². The summed E-state index contributed by atoms with van der Waals surface area (Å²) in [5, 5.41) is 12.1. The molecule has 1 unspecified atom stereocenters. The summed E-state index contributed by atoms with van der Waals surface area (Å²) in [6.07, 6.45) is 0.698. The first-order valence-electron chi connectivity index (χ1n) is 5.26. The third-order valence-electron chi connectivity index (χ3n) is 2.34. The van der Waals surface area contributed by atoms with E-state index in [4.69, 9.17) is 10.8 Å². The maximum atomic E-state index is 8.92. The van der Waals surface area contributed by atoms with Gasteiger partial charge >= 0.3 is 0 Å². The summed E-state index contributed by atoms with van der Waals surface area (Å²) in [6, 6.07) is 0. The van der Waals surface area contributed by atoms with Crippen molar-refractivity contribution in [2.45, 2.75) is 38.5 Å². The Kier molecular flexibility index (Phi) is 4.25. The number of hydrogen-bond acceptors (Lipinski definition) is 4. The van der Waals surface area contributed by atoms with Gasteiger partial charge in [0.05, 0.1) is 10.7 Å². The third kappa shape index (κ3) is 3.26. The highest BCUT2D eigenvalue weighted by molar-refractivity contribution is 7.09. The summed E-state index contributed by atoms with van der Waals surface area (Å²) in [4.78, 5) is 4.60. The van der Waals surface area contributed by atoms with Gasteiger partial charge in [-0.3, -0.25) is 0 Å². The molecule has 1 rings (SSSR count). The van der Waals surface area contributed by atoms with E-state index < -0.39 is 0 Å². The molecule has 0 aliphatic carbocycles. The van der Waals surface area contributed by atoms with Crippen LogP contribution in [0.3, 0.4) is 0 Å².